The lowest BCUT2D eigenvalue weighted by molar-refractivity contribution is 0.102. The van der Waals surface area contributed by atoms with Crippen LogP contribution in [0.2, 0.25) is 0 Å². The third kappa shape index (κ3) is 3.32. The second-order valence-corrected chi connectivity index (χ2v) is 7.18. The highest BCUT2D eigenvalue weighted by atomic mass is 127. The third-order valence-electron chi connectivity index (χ3n) is 2.66. The molecule has 1 heterocycles. The Morgan fingerprint density at radius 1 is 1.28 bits per heavy atom. The van der Waals surface area contributed by atoms with Crippen LogP contribution in [0.25, 0.3) is 0 Å². The molecule has 2 aromatic rings. The van der Waals surface area contributed by atoms with Gasteiger partial charge in [-0.3, -0.25) is 4.79 Å². The Bertz CT molecular complexity index is 545. The van der Waals surface area contributed by atoms with Crippen molar-refractivity contribution < 1.29 is 4.79 Å². The first-order valence-corrected chi connectivity index (χ1v) is 7.67. The summed E-state index contributed by atoms with van der Waals surface area (Å²) in [5.41, 5.74) is 2.83. The van der Waals surface area contributed by atoms with Gasteiger partial charge in [0.1, 0.15) is 0 Å². The van der Waals surface area contributed by atoms with Gasteiger partial charge in [-0.05, 0) is 52.3 Å². The van der Waals surface area contributed by atoms with Crippen LogP contribution in [0, 0.1) is 2.88 Å². The molecular formula is C14H14INOS. The van der Waals surface area contributed by atoms with E-state index in [1.165, 1.54) is 5.56 Å². The summed E-state index contributed by atoms with van der Waals surface area (Å²) in [7, 11) is 0. The predicted molar refractivity (Wildman–Crippen MR) is 85.5 cm³/mol. The van der Waals surface area contributed by atoms with Crippen LogP contribution in [-0.4, -0.2) is 5.91 Å². The largest absolute Gasteiger partial charge is 0.322 e. The van der Waals surface area contributed by atoms with E-state index in [-0.39, 0.29) is 5.91 Å². The second-order valence-electron chi connectivity index (χ2n) is 4.37. The maximum atomic E-state index is 11.9. The minimum Gasteiger partial charge on any atom is -0.322 e. The van der Waals surface area contributed by atoms with Gasteiger partial charge in [-0.25, -0.2) is 0 Å². The first-order valence-electron chi connectivity index (χ1n) is 5.71. The van der Waals surface area contributed by atoms with Crippen molar-refractivity contribution >= 4 is 45.5 Å². The van der Waals surface area contributed by atoms with Crippen LogP contribution in [0.4, 0.5) is 5.69 Å². The van der Waals surface area contributed by atoms with E-state index in [4.69, 9.17) is 0 Å². The molecule has 0 radical (unpaired) electrons. The van der Waals surface area contributed by atoms with Crippen molar-refractivity contribution in [2.75, 3.05) is 5.32 Å². The summed E-state index contributed by atoms with van der Waals surface area (Å²) < 4.78 is 1.12. The SMILES string of the molecule is CC(C)c1ccc(NC(=O)c2csc(I)c2)cc1. The van der Waals surface area contributed by atoms with Gasteiger partial charge in [-0.2, -0.15) is 0 Å². The molecule has 18 heavy (non-hydrogen) atoms. The van der Waals surface area contributed by atoms with E-state index in [1.807, 2.05) is 23.6 Å². The van der Waals surface area contributed by atoms with Crippen molar-refractivity contribution in [1.82, 2.24) is 0 Å². The number of nitrogens with one attached hydrogen (secondary N) is 1. The highest BCUT2D eigenvalue weighted by Crippen LogP contribution is 2.20. The van der Waals surface area contributed by atoms with Gasteiger partial charge in [-0.15, -0.1) is 11.3 Å². The molecule has 0 saturated carbocycles. The lowest BCUT2D eigenvalue weighted by Crippen LogP contribution is -2.10. The third-order valence-corrected chi connectivity index (χ3v) is 4.45. The summed E-state index contributed by atoms with van der Waals surface area (Å²) >= 11 is 3.79. The lowest BCUT2D eigenvalue weighted by Gasteiger charge is -2.07. The van der Waals surface area contributed by atoms with Crippen molar-refractivity contribution in [3.8, 4) is 0 Å². The lowest BCUT2D eigenvalue weighted by atomic mass is 10.0. The highest BCUT2D eigenvalue weighted by molar-refractivity contribution is 14.1. The number of carbonyl (C=O) groups excluding carboxylic acids is 1. The molecule has 1 N–H and O–H groups in total. The molecule has 1 aromatic carbocycles. The molecule has 0 bridgehead atoms. The second kappa shape index (κ2) is 5.84. The number of carbonyl (C=O) groups is 1. The van der Waals surface area contributed by atoms with Gasteiger partial charge in [0.2, 0.25) is 0 Å². The molecule has 0 atom stereocenters. The zero-order valence-corrected chi connectivity index (χ0v) is 13.2. The first-order chi connectivity index (χ1) is 8.56. The van der Waals surface area contributed by atoms with Crippen LogP contribution < -0.4 is 5.32 Å². The topological polar surface area (TPSA) is 29.1 Å². The van der Waals surface area contributed by atoms with E-state index >= 15 is 0 Å². The molecule has 0 aliphatic heterocycles. The van der Waals surface area contributed by atoms with Crippen LogP contribution in [0.3, 0.4) is 0 Å². The number of halogens is 1. The zero-order chi connectivity index (χ0) is 13.1. The summed E-state index contributed by atoms with van der Waals surface area (Å²) in [6.45, 7) is 4.31. The zero-order valence-electron chi connectivity index (χ0n) is 10.2. The van der Waals surface area contributed by atoms with Crippen molar-refractivity contribution in [2.45, 2.75) is 19.8 Å². The van der Waals surface area contributed by atoms with Gasteiger partial charge < -0.3 is 5.32 Å². The average Bonchev–Trinajstić information content (AvgIpc) is 2.76. The van der Waals surface area contributed by atoms with Crippen LogP contribution in [0.5, 0.6) is 0 Å². The molecular weight excluding hydrogens is 357 g/mol. The number of benzene rings is 1. The summed E-state index contributed by atoms with van der Waals surface area (Å²) in [6, 6.07) is 9.90. The molecule has 2 nitrogen and oxygen atoms in total. The highest BCUT2D eigenvalue weighted by Gasteiger charge is 2.08. The first kappa shape index (κ1) is 13.5. The number of rotatable bonds is 3. The van der Waals surface area contributed by atoms with Crippen molar-refractivity contribution in [3.05, 3.63) is 49.7 Å². The molecule has 0 aliphatic carbocycles. The fourth-order valence-corrected chi connectivity index (χ4v) is 2.91. The molecule has 1 amide bonds. The summed E-state index contributed by atoms with van der Waals surface area (Å²) in [5, 5.41) is 4.78. The molecule has 1 aromatic heterocycles. The standard InChI is InChI=1S/C14H14INOS/c1-9(2)10-3-5-12(6-4-10)16-14(17)11-7-13(15)18-8-11/h3-9H,1-2H3,(H,16,17). The number of anilines is 1. The van der Waals surface area contributed by atoms with Gasteiger partial charge in [0.05, 0.1) is 8.45 Å². The minimum absolute atomic E-state index is 0.0496. The normalized spacial score (nSPS) is 10.7. The predicted octanol–water partition coefficient (Wildman–Crippen LogP) is 4.73. The Morgan fingerprint density at radius 3 is 2.44 bits per heavy atom. The molecule has 2 rings (SSSR count). The molecule has 94 valence electrons. The summed E-state index contributed by atoms with van der Waals surface area (Å²) in [4.78, 5) is 11.9. The van der Waals surface area contributed by atoms with Crippen molar-refractivity contribution in [3.63, 3.8) is 0 Å². The fourth-order valence-electron chi connectivity index (χ4n) is 1.58. The van der Waals surface area contributed by atoms with Gasteiger partial charge >= 0.3 is 0 Å². The van der Waals surface area contributed by atoms with E-state index in [9.17, 15) is 4.79 Å². The van der Waals surface area contributed by atoms with E-state index in [0.29, 0.717) is 5.92 Å². The van der Waals surface area contributed by atoms with Crippen molar-refractivity contribution in [2.24, 2.45) is 0 Å². The van der Waals surface area contributed by atoms with E-state index in [1.54, 1.807) is 11.3 Å². The maximum Gasteiger partial charge on any atom is 0.256 e. The smallest absolute Gasteiger partial charge is 0.256 e. The average molecular weight is 371 g/mol. The Kier molecular flexibility index (Phi) is 4.40. The summed E-state index contributed by atoms with van der Waals surface area (Å²) in [6.07, 6.45) is 0. The van der Waals surface area contributed by atoms with Crippen LogP contribution >= 0.6 is 33.9 Å². The Morgan fingerprint density at radius 2 is 1.94 bits per heavy atom. The molecule has 0 unspecified atom stereocenters. The van der Waals surface area contributed by atoms with Crippen LogP contribution in [-0.2, 0) is 0 Å². The summed E-state index contributed by atoms with van der Waals surface area (Å²) in [5.74, 6) is 0.458. The minimum atomic E-state index is -0.0496. The van der Waals surface area contributed by atoms with E-state index < -0.39 is 0 Å². The quantitative estimate of drug-likeness (QED) is 0.777. The number of thiophene rings is 1. The number of hydrogen-bond acceptors (Lipinski definition) is 2. The molecule has 4 heteroatoms. The molecule has 0 spiro atoms. The van der Waals surface area contributed by atoms with E-state index in [2.05, 4.69) is 53.9 Å². The number of hydrogen-bond donors (Lipinski definition) is 1. The molecule has 0 aliphatic rings. The van der Waals surface area contributed by atoms with Gasteiger partial charge in [0, 0.05) is 11.1 Å². The molecule has 0 saturated heterocycles. The Labute approximate surface area is 125 Å². The van der Waals surface area contributed by atoms with E-state index in [0.717, 1.165) is 14.1 Å². The van der Waals surface area contributed by atoms with Crippen LogP contribution in [0.1, 0.15) is 35.7 Å². The van der Waals surface area contributed by atoms with Crippen molar-refractivity contribution in [1.29, 1.82) is 0 Å². The maximum absolute atomic E-state index is 11.9. The Balaban J connectivity index is 2.07. The fraction of sp³-hybridized carbons (Fsp3) is 0.214. The van der Waals surface area contributed by atoms with Gasteiger partial charge in [0.25, 0.3) is 5.91 Å². The van der Waals surface area contributed by atoms with Gasteiger partial charge in [-0.1, -0.05) is 26.0 Å². The molecule has 0 fully saturated rings. The van der Waals surface area contributed by atoms with Gasteiger partial charge in [0.15, 0.2) is 0 Å². The number of amides is 1. The van der Waals surface area contributed by atoms with Crippen LogP contribution in [0.15, 0.2) is 35.7 Å². The monoisotopic (exact) mass is 371 g/mol. The Hall–Kier alpha value is -0.880.